The molecule has 8 atom stereocenters. The number of phosphoric ester groups is 1. The first-order chi connectivity index (χ1) is 21.6. The maximum Gasteiger partial charge on any atom is 0.472 e. The van der Waals surface area contributed by atoms with Gasteiger partial charge in [-0.1, -0.05) is 30.3 Å². The Morgan fingerprint density at radius 3 is 2.64 bits per heavy atom. The van der Waals surface area contributed by atoms with Crippen LogP contribution in [0.4, 0.5) is 5.82 Å². The van der Waals surface area contributed by atoms with Gasteiger partial charge >= 0.3 is 13.5 Å². The van der Waals surface area contributed by atoms with Crippen molar-refractivity contribution < 1.29 is 42.9 Å². The minimum Gasteiger partial charge on any atom is -0.394 e. The molecule has 2 fully saturated rings. The molecule has 1 aromatic carbocycles. The second-order valence-corrected chi connectivity index (χ2v) is 11.8. The summed E-state index contributed by atoms with van der Waals surface area (Å²) in [5.74, 6) is 0.144. The van der Waals surface area contributed by atoms with Gasteiger partial charge in [0.25, 0.3) is 5.56 Å². The number of hydrogen-bond donors (Lipinski definition) is 5. The van der Waals surface area contributed by atoms with Crippen molar-refractivity contribution in [1.29, 1.82) is 0 Å². The van der Waals surface area contributed by atoms with Crippen LogP contribution in [0, 0.1) is 0 Å². The van der Waals surface area contributed by atoms with E-state index in [2.05, 4.69) is 19.9 Å². The van der Waals surface area contributed by atoms with Gasteiger partial charge in [-0.25, -0.2) is 24.3 Å². The first-order valence-corrected chi connectivity index (χ1v) is 15.2. The number of nitrogens with one attached hydrogen (secondary N) is 1. The minimum atomic E-state index is -4.84. The van der Waals surface area contributed by atoms with Gasteiger partial charge in [0, 0.05) is 19.7 Å². The summed E-state index contributed by atoms with van der Waals surface area (Å²) in [4.78, 5) is 50.2. The molecule has 2 saturated heterocycles. The predicted molar refractivity (Wildman–Crippen MR) is 153 cm³/mol. The van der Waals surface area contributed by atoms with Crippen LogP contribution >= 0.6 is 7.82 Å². The molecular weight excluding hydrogens is 617 g/mol. The number of nitrogens with two attached hydrogens (primary N) is 1. The van der Waals surface area contributed by atoms with Crippen molar-refractivity contribution in [1.82, 2.24) is 29.1 Å². The third-order valence-electron chi connectivity index (χ3n) is 7.64. The number of anilines is 1. The molecular formula is C26H30N7O11P. The van der Waals surface area contributed by atoms with E-state index in [1.807, 2.05) is 0 Å². The maximum atomic E-state index is 13.0. The molecule has 6 rings (SSSR count). The Bertz CT molecular complexity index is 1830. The van der Waals surface area contributed by atoms with Gasteiger partial charge in [0.15, 0.2) is 17.7 Å². The molecule has 3 aromatic heterocycles. The molecule has 6 N–H and O–H groups in total. The smallest absolute Gasteiger partial charge is 0.394 e. The number of nitrogens with zero attached hydrogens (tertiary/aromatic N) is 5. The van der Waals surface area contributed by atoms with E-state index in [1.54, 1.807) is 30.3 Å². The lowest BCUT2D eigenvalue weighted by molar-refractivity contribution is -0.0627. The van der Waals surface area contributed by atoms with Crippen LogP contribution in [-0.2, 0) is 27.8 Å². The lowest BCUT2D eigenvalue weighted by Crippen LogP contribution is -2.35. The van der Waals surface area contributed by atoms with Crippen LogP contribution in [0.5, 0.6) is 0 Å². The minimum absolute atomic E-state index is 0.144. The molecule has 0 amide bonds. The monoisotopic (exact) mass is 647 g/mol. The number of fused-ring (bicyclic) bond motifs is 1. The van der Waals surface area contributed by atoms with Crippen molar-refractivity contribution in [3.8, 4) is 11.1 Å². The quantitative estimate of drug-likeness (QED) is 0.138. The number of rotatable bonds is 10. The Labute approximate surface area is 253 Å². The number of aromatic nitrogens is 6. The molecule has 0 bridgehead atoms. The van der Waals surface area contributed by atoms with E-state index >= 15 is 0 Å². The number of methoxy groups -OCH3 is 1. The van der Waals surface area contributed by atoms with Crippen LogP contribution in [0.1, 0.15) is 18.9 Å². The first-order valence-electron chi connectivity index (χ1n) is 13.7. The summed E-state index contributed by atoms with van der Waals surface area (Å²) < 4.78 is 43.3. The molecule has 0 saturated carbocycles. The summed E-state index contributed by atoms with van der Waals surface area (Å²) in [5, 5.41) is 20.8. The fourth-order valence-corrected chi connectivity index (χ4v) is 6.39. The third-order valence-corrected chi connectivity index (χ3v) is 8.65. The lowest BCUT2D eigenvalue weighted by atomic mass is 10.1. The summed E-state index contributed by atoms with van der Waals surface area (Å²) in [6.07, 6.45) is -3.87. The van der Waals surface area contributed by atoms with Gasteiger partial charge in [-0.2, -0.15) is 0 Å². The highest BCUT2D eigenvalue weighted by atomic mass is 31.2. The third kappa shape index (κ3) is 6.07. The van der Waals surface area contributed by atoms with Crippen LogP contribution < -0.4 is 17.0 Å². The highest BCUT2D eigenvalue weighted by Gasteiger charge is 2.47. The van der Waals surface area contributed by atoms with E-state index in [0.717, 1.165) is 4.57 Å². The number of imidazole rings is 1. The number of aliphatic hydroxyl groups is 2. The van der Waals surface area contributed by atoms with Crippen molar-refractivity contribution in [2.24, 2.45) is 0 Å². The van der Waals surface area contributed by atoms with E-state index in [1.165, 1.54) is 30.5 Å². The molecule has 240 valence electrons. The maximum absolute atomic E-state index is 13.0. The number of hydrogen-bond acceptors (Lipinski definition) is 14. The molecule has 5 heterocycles. The van der Waals surface area contributed by atoms with Crippen molar-refractivity contribution in [2.45, 2.75) is 49.4 Å². The zero-order valence-electron chi connectivity index (χ0n) is 23.6. The number of aliphatic hydroxyl groups excluding tert-OH is 2. The number of ether oxygens (including phenoxy) is 3. The van der Waals surface area contributed by atoms with Gasteiger partial charge in [0.2, 0.25) is 0 Å². The molecule has 0 radical (unpaired) electrons. The van der Waals surface area contributed by atoms with Gasteiger partial charge in [-0.15, -0.1) is 0 Å². The summed E-state index contributed by atoms with van der Waals surface area (Å²) in [7, 11) is -3.49. The van der Waals surface area contributed by atoms with Crippen LogP contribution in [0.2, 0.25) is 0 Å². The highest BCUT2D eigenvalue weighted by molar-refractivity contribution is 7.47. The zero-order chi connectivity index (χ0) is 31.9. The second-order valence-electron chi connectivity index (χ2n) is 10.4. The SMILES string of the molecule is COC1[C@@H](O)C(COP(=O)(O)OC2C[C@H](n3cc(-c4ccccc4)c(=O)[nH]c3=O)O[C@@H]2CO)O[C@H]1n1cnc2c(N)ncnc21. The van der Waals surface area contributed by atoms with Crippen molar-refractivity contribution in [3.05, 3.63) is 70.0 Å². The Kier molecular flexibility index (Phi) is 8.66. The number of benzene rings is 1. The van der Waals surface area contributed by atoms with Crippen molar-refractivity contribution in [3.63, 3.8) is 0 Å². The Hall–Kier alpha value is -3.84. The van der Waals surface area contributed by atoms with E-state index in [-0.39, 0.29) is 17.8 Å². The molecule has 4 unspecified atom stereocenters. The Morgan fingerprint density at radius 2 is 1.91 bits per heavy atom. The molecule has 0 aliphatic carbocycles. The topological polar surface area (TPSA) is 248 Å². The summed E-state index contributed by atoms with van der Waals surface area (Å²) in [6, 6.07) is 8.63. The predicted octanol–water partition coefficient (Wildman–Crippen LogP) is -0.319. The van der Waals surface area contributed by atoms with Crippen molar-refractivity contribution >= 4 is 24.8 Å². The average molecular weight is 648 g/mol. The Morgan fingerprint density at radius 1 is 1.13 bits per heavy atom. The van der Waals surface area contributed by atoms with Gasteiger partial charge in [0.05, 0.1) is 25.1 Å². The standard InChI is InChI=1S/C26H30N7O11P/c1-40-21-20(35)17(43-25(21)33-12-30-19-22(27)28-11-29-23(19)33)10-41-45(38,39)44-15-7-18(42-16(15)9-34)32-8-14(24(36)31-26(32)37)13-5-3-2-4-6-13/h2-6,8,11-12,15-18,20-21,25,34-35H,7,9-10H2,1H3,(H,38,39)(H2,27,28,29)(H,31,36,37)/t15?,16-,17?,18-,20+,21?,25-/m1/s1. The van der Waals surface area contributed by atoms with Crippen molar-refractivity contribution in [2.75, 3.05) is 26.1 Å². The molecule has 18 nitrogen and oxygen atoms in total. The summed E-state index contributed by atoms with van der Waals surface area (Å²) in [5.41, 5.74) is 5.87. The summed E-state index contributed by atoms with van der Waals surface area (Å²) >= 11 is 0. The van der Waals surface area contributed by atoms with Gasteiger partial charge in [0.1, 0.15) is 48.6 Å². The van der Waals surface area contributed by atoms with Gasteiger partial charge in [-0.3, -0.25) is 28.0 Å². The molecule has 0 spiro atoms. The number of H-pyrrole nitrogens is 1. The van der Waals surface area contributed by atoms with E-state index < -0.39 is 75.3 Å². The number of nitrogen functional groups attached to an aromatic ring is 1. The molecule has 19 heteroatoms. The molecule has 2 aliphatic heterocycles. The van der Waals surface area contributed by atoms with Crippen LogP contribution in [0.25, 0.3) is 22.3 Å². The zero-order valence-corrected chi connectivity index (χ0v) is 24.5. The second kappa shape index (κ2) is 12.5. The average Bonchev–Trinajstić information content (AvgIpc) is 3.71. The van der Waals surface area contributed by atoms with Crippen LogP contribution in [0.15, 0.2) is 58.8 Å². The molecule has 45 heavy (non-hydrogen) atoms. The fourth-order valence-electron chi connectivity index (χ4n) is 5.43. The fraction of sp³-hybridized carbons (Fsp3) is 0.423. The Balaban J connectivity index is 1.14. The summed E-state index contributed by atoms with van der Waals surface area (Å²) in [6.45, 7) is -1.20. The molecule has 2 aliphatic rings. The normalized spacial score (nSPS) is 28.0. The van der Waals surface area contributed by atoms with E-state index in [4.69, 9.17) is 29.0 Å². The number of aromatic amines is 1. The number of phosphoric acid groups is 1. The highest BCUT2D eigenvalue weighted by Crippen LogP contribution is 2.49. The lowest BCUT2D eigenvalue weighted by Gasteiger charge is -2.21. The van der Waals surface area contributed by atoms with E-state index in [0.29, 0.717) is 16.7 Å². The van der Waals surface area contributed by atoms with Gasteiger partial charge < -0.3 is 35.1 Å². The van der Waals surface area contributed by atoms with Crippen LogP contribution in [0.3, 0.4) is 0 Å². The largest absolute Gasteiger partial charge is 0.472 e. The van der Waals surface area contributed by atoms with E-state index in [9.17, 15) is 29.3 Å². The van der Waals surface area contributed by atoms with Crippen LogP contribution in [-0.4, -0.2) is 95.0 Å². The first kappa shape index (κ1) is 31.2. The van der Waals surface area contributed by atoms with Gasteiger partial charge in [-0.05, 0) is 5.56 Å². The molecule has 4 aromatic rings.